The van der Waals surface area contributed by atoms with Gasteiger partial charge in [0.25, 0.3) is 0 Å². The normalized spacial score (nSPS) is 16.9. The predicted octanol–water partition coefficient (Wildman–Crippen LogP) is 5.70. The third-order valence-corrected chi connectivity index (χ3v) is 6.80. The van der Waals surface area contributed by atoms with Gasteiger partial charge in [-0.25, -0.2) is 0 Å². The molecule has 15 heteroatoms. The van der Waals surface area contributed by atoms with Gasteiger partial charge in [0.2, 0.25) is 0 Å². The summed E-state index contributed by atoms with van der Waals surface area (Å²) in [5.74, 6) is -2.75. The van der Waals surface area contributed by atoms with E-state index >= 15 is 0 Å². The van der Waals surface area contributed by atoms with E-state index < -0.39 is 58.3 Å². The monoisotopic (exact) mass is 733 g/mol. The van der Waals surface area contributed by atoms with Gasteiger partial charge in [0.1, 0.15) is 11.5 Å². The fourth-order valence-corrected chi connectivity index (χ4v) is 4.60. The molecule has 2 aromatic carbocycles. The molecule has 2 N–H and O–H groups in total. The number of rotatable bonds is 4. The van der Waals surface area contributed by atoms with Gasteiger partial charge >= 0.3 is 29.1 Å². The van der Waals surface area contributed by atoms with Crippen LogP contribution < -0.4 is 10.2 Å². The van der Waals surface area contributed by atoms with Gasteiger partial charge in [-0.15, -0.1) is 0 Å². The van der Waals surface area contributed by atoms with E-state index in [2.05, 4.69) is 9.98 Å². The van der Waals surface area contributed by atoms with Crippen molar-refractivity contribution in [1.82, 2.24) is 0 Å². The summed E-state index contributed by atoms with van der Waals surface area (Å²) in [5, 5.41) is 39.2. The molecule has 2 aromatic rings. The number of halogens is 6. The molecule has 0 spiro atoms. The number of carbonyl (C=O) groups is 2. The topological polar surface area (TPSA) is 145 Å². The molecule has 1 radical (unpaired) electrons. The van der Waals surface area contributed by atoms with E-state index in [4.69, 9.17) is 19.8 Å². The van der Waals surface area contributed by atoms with Gasteiger partial charge in [0.05, 0.1) is 23.2 Å². The Balaban J connectivity index is 0.00000221. The predicted molar refractivity (Wildman–Crippen MR) is 162 cm³/mol. The van der Waals surface area contributed by atoms with Gasteiger partial charge in [-0.05, 0) is 68.2 Å². The van der Waals surface area contributed by atoms with Gasteiger partial charge in [-0.2, -0.15) is 26.3 Å². The SMILES string of the molecule is CC(=O)[O-].CC(=O)[O-].CC(C)(C)c1cc(C(F)(F)F)cc(C=NC2CCCC2N=Cc2cc(C(F)(F)F)cc(C(C)(C)C)c2O)c1O.[Co+2]. The Morgan fingerprint density at radius 2 is 0.958 bits per heavy atom. The molecule has 0 saturated heterocycles. The maximum atomic E-state index is 13.5. The molecule has 0 amide bonds. The Bertz CT molecular complexity index is 1360. The number of aliphatic imine (C=N–C) groups is 2. The fourth-order valence-electron chi connectivity index (χ4n) is 4.60. The van der Waals surface area contributed by atoms with Crippen LogP contribution in [0.2, 0.25) is 0 Å². The zero-order chi connectivity index (χ0) is 36.7. The molecule has 269 valence electrons. The molecular weight excluding hydrogens is 693 g/mol. The smallest absolute Gasteiger partial charge is 0.550 e. The molecule has 48 heavy (non-hydrogen) atoms. The first-order valence-corrected chi connectivity index (χ1v) is 14.5. The molecule has 0 heterocycles. The van der Waals surface area contributed by atoms with Crippen molar-refractivity contribution >= 4 is 24.4 Å². The van der Waals surface area contributed by atoms with Gasteiger partial charge in [0, 0.05) is 46.6 Å². The molecule has 1 aliphatic rings. The third kappa shape index (κ3) is 13.9. The summed E-state index contributed by atoms with van der Waals surface area (Å²) < 4.78 is 81.2. The number of hydrogen-bond acceptors (Lipinski definition) is 8. The van der Waals surface area contributed by atoms with Gasteiger partial charge < -0.3 is 30.0 Å². The van der Waals surface area contributed by atoms with Crippen molar-refractivity contribution in [3.63, 3.8) is 0 Å². The van der Waals surface area contributed by atoms with Crippen molar-refractivity contribution in [3.8, 4) is 11.5 Å². The summed E-state index contributed by atoms with van der Waals surface area (Å²) in [6, 6.07) is 2.64. The molecule has 1 fully saturated rings. The Labute approximate surface area is 286 Å². The average Bonchev–Trinajstić information content (AvgIpc) is 3.31. The zero-order valence-corrected chi connectivity index (χ0v) is 28.8. The largest absolute Gasteiger partial charge is 2.00 e. The molecule has 2 atom stereocenters. The average molecular weight is 734 g/mol. The Hall–Kier alpha value is -3.59. The maximum Gasteiger partial charge on any atom is 2.00 e. The summed E-state index contributed by atoms with van der Waals surface area (Å²) >= 11 is 0. The van der Waals surface area contributed by atoms with Gasteiger partial charge in [-0.1, -0.05) is 41.5 Å². The van der Waals surface area contributed by atoms with E-state index in [9.17, 15) is 36.6 Å². The number of aliphatic carboxylic acids is 2. The molecule has 3 rings (SSSR count). The van der Waals surface area contributed by atoms with Crippen LogP contribution in [0.5, 0.6) is 11.5 Å². The second-order valence-electron chi connectivity index (χ2n) is 13.0. The van der Waals surface area contributed by atoms with Crippen molar-refractivity contribution in [2.75, 3.05) is 0 Å². The summed E-state index contributed by atoms with van der Waals surface area (Å²) in [4.78, 5) is 26.6. The van der Waals surface area contributed by atoms with E-state index in [0.717, 1.165) is 38.1 Å². The Morgan fingerprint density at radius 1 is 0.688 bits per heavy atom. The first kappa shape index (κ1) is 44.4. The van der Waals surface area contributed by atoms with Gasteiger partial charge in [0.15, 0.2) is 0 Å². The van der Waals surface area contributed by atoms with Crippen molar-refractivity contribution in [2.24, 2.45) is 9.98 Å². The number of nitrogens with zero attached hydrogens (tertiary/aromatic N) is 2. The molecule has 1 aliphatic carbocycles. The minimum absolute atomic E-state index is 0. The quantitative estimate of drug-likeness (QED) is 0.305. The number of carboxylic acid groups (broad SMARTS) is 2. The number of aromatic hydroxyl groups is 2. The number of benzene rings is 2. The van der Waals surface area contributed by atoms with Crippen LogP contribution >= 0.6 is 0 Å². The maximum absolute atomic E-state index is 13.5. The number of phenolic OH excluding ortho intramolecular Hbond substituents is 2. The molecular formula is C33H40CoF6N2O6. The number of alkyl halides is 6. The summed E-state index contributed by atoms with van der Waals surface area (Å²) in [6.45, 7) is 12.1. The third-order valence-electron chi connectivity index (χ3n) is 6.80. The van der Waals surface area contributed by atoms with Crippen LogP contribution in [0.25, 0.3) is 0 Å². The Kier molecular flexibility index (Phi) is 15.9. The van der Waals surface area contributed by atoms with Crippen molar-refractivity contribution in [2.45, 2.75) is 110 Å². The standard InChI is InChI=1S/C29H34F6N2O2.2C2H4O2.Co/c1-26(2,3)20-12-18(28(30,31)32)10-16(24(20)38)14-36-22-8-7-9-23(22)37-15-17-11-19(29(33,34)35)13-21(25(17)39)27(4,5)6;2*1-2(3)4;/h10-15,22-23,38-39H,7-9H2,1-6H3;2*1H3,(H,3,4);/q;;;+2/p-2. The van der Waals surface area contributed by atoms with Crippen molar-refractivity contribution in [1.29, 1.82) is 0 Å². The number of carboxylic acids is 2. The van der Waals surface area contributed by atoms with Crippen LogP contribution in [0.1, 0.15) is 108 Å². The molecule has 0 aromatic heterocycles. The van der Waals surface area contributed by atoms with Crippen LogP contribution in [-0.2, 0) is 49.6 Å². The molecule has 0 aliphatic heterocycles. The Morgan fingerprint density at radius 3 is 1.19 bits per heavy atom. The summed E-state index contributed by atoms with van der Waals surface area (Å²) in [6.07, 6.45) is -4.99. The van der Waals surface area contributed by atoms with Gasteiger partial charge in [-0.3, -0.25) is 9.98 Å². The number of carbonyl (C=O) groups excluding carboxylic acids is 2. The van der Waals surface area contributed by atoms with Crippen LogP contribution in [0, 0.1) is 0 Å². The zero-order valence-electron chi connectivity index (χ0n) is 27.8. The second-order valence-corrected chi connectivity index (χ2v) is 13.0. The minimum Gasteiger partial charge on any atom is -0.550 e. The van der Waals surface area contributed by atoms with Crippen LogP contribution in [-0.4, -0.2) is 46.7 Å². The van der Waals surface area contributed by atoms with Crippen molar-refractivity contribution in [3.05, 3.63) is 57.6 Å². The van der Waals surface area contributed by atoms with E-state index in [1.807, 2.05) is 0 Å². The molecule has 8 nitrogen and oxygen atoms in total. The fraction of sp³-hybridized carbons (Fsp3) is 0.515. The summed E-state index contributed by atoms with van der Waals surface area (Å²) in [7, 11) is 0. The van der Waals surface area contributed by atoms with Crippen LogP contribution in [0.4, 0.5) is 26.3 Å². The van der Waals surface area contributed by atoms with E-state index in [0.29, 0.717) is 19.3 Å². The van der Waals surface area contributed by atoms with Crippen LogP contribution in [0.15, 0.2) is 34.3 Å². The van der Waals surface area contributed by atoms with E-state index in [1.54, 1.807) is 41.5 Å². The minimum atomic E-state index is -4.62. The molecule has 0 bridgehead atoms. The van der Waals surface area contributed by atoms with E-state index in [1.165, 1.54) is 12.4 Å². The summed E-state index contributed by atoms with van der Waals surface area (Å²) in [5.41, 5.74) is -3.20. The van der Waals surface area contributed by atoms with E-state index in [-0.39, 0.29) is 50.5 Å². The first-order chi connectivity index (χ1) is 21.2. The number of phenols is 2. The molecule has 2 unspecified atom stereocenters. The van der Waals surface area contributed by atoms with Crippen LogP contribution in [0.3, 0.4) is 0 Å². The van der Waals surface area contributed by atoms with Crippen molar-refractivity contribution < 1.29 is 73.1 Å². The first-order valence-electron chi connectivity index (χ1n) is 14.5. The molecule has 1 saturated carbocycles. The number of hydrogen-bond donors (Lipinski definition) is 2. The second kappa shape index (κ2) is 17.2.